The van der Waals surface area contributed by atoms with Crippen LogP contribution in [0.2, 0.25) is 0 Å². The van der Waals surface area contributed by atoms with Crippen molar-refractivity contribution in [1.29, 1.82) is 0 Å². The van der Waals surface area contributed by atoms with E-state index < -0.39 is 5.82 Å². The van der Waals surface area contributed by atoms with Gasteiger partial charge in [-0.3, -0.25) is 0 Å². The second-order valence-electron chi connectivity index (χ2n) is 6.74. The van der Waals surface area contributed by atoms with Gasteiger partial charge in [0.05, 0.1) is 0 Å². The molecule has 3 rings (SSSR count). The quantitative estimate of drug-likeness (QED) is 0.648. The van der Waals surface area contributed by atoms with E-state index in [1.165, 1.54) is 12.1 Å². The van der Waals surface area contributed by atoms with E-state index in [-0.39, 0.29) is 24.3 Å². The second-order valence-corrected chi connectivity index (χ2v) is 6.74. The number of benzene rings is 2. The van der Waals surface area contributed by atoms with Gasteiger partial charge in [0.1, 0.15) is 0 Å². The van der Waals surface area contributed by atoms with Crippen molar-refractivity contribution in [2.45, 2.75) is 26.9 Å². The van der Waals surface area contributed by atoms with Gasteiger partial charge in [-0.25, -0.2) is 9.18 Å². The number of urea groups is 1. The fourth-order valence-corrected chi connectivity index (χ4v) is 2.69. The zero-order valence-corrected chi connectivity index (χ0v) is 16.6. The molecule has 0 aliphatic rings. The average molecular weight is 398 g/mol. The van der Waals surface area contributed by atoms with Gasteiger partial charge in [-0.2, -0.15) is 4.98 Å². The second kappa shape index (κ2) is 9.18. The molecular formula is C21H23FN4O3. The monoisotopic (exact) mass is 398 g/mol. The number of likely N-dealkylation sites (N-methyl/N-ethyl adjacent to an activating group) is 1. The Morgan fingerprint density at radius 3 is 2.79 bits per heavy atom. The van der Waals surface area contributed by atoms with E-state index in [9.17, 15) is 9.18 Å². The molecule has 3 aromatic rings. The minimum Gasteiger partial charge on any atom is -0.481 e. The number of nitrogens with zero attached hydrogens (tertiary/aromatic N) is 3. The highest BCUT2D eigenvalue weighted by molar-refractivity contribution is 5.90. The van der Waals surface area contributed by atoms with Crippen LogP contribution >= 0.6 is 0 Å². The Bertz CT molecular complexity index is 990. The van der Waals surface area contributed by atoms with Gasteiger partial charge in [-0.05, 0) is 37.6 Å². The summed E-state index contributed by atoms with van der Waals surface area (Å²) >= 11 is 0. The van der Waals surface area contributed by atoms with Crippen LogP contribution in [0.25, 0.3) is 0 Å². The number of halogens is 1. The topological polar surface area (TPSA) is 80.5 Å². The lowest BCUT2D eigenvalue weighted by molar-refractivity contribution is 0.222. The lowest BCUT2D eigenvalue weighted by atomic mass is 10.1. The van der Waals surface area contributed by atoms with Crippen LogP contribution in [-0.2, 0) is 13.0 Å². The van der Waals surface area contributed by atoms with Crippen molar-refractivity contribution in [3.8, 4) is 5.75 Å². The molecule has 0 radical (unpaired) electrons. The third-order valence-corrected chi connectivity index (χ3v) is 4.34. The lowest BCUT2D eigenvalue weighted by Crippen LogP contribution is -2.33. The first-order valence-electron chi connectivity index (χ1n) is 9.20. The van der Waals surface area contributed by atoms with Crippen LogP contribution in [0.3, 0.4) is 0 Å². The van der Waals surface area contributed by atoms with Gasteiger partial charge in [0.15, 0.2) is 24.0 Å². The Morgan fingerprint density at radius 2 is 2.03 bits per heavy atom. The molecule has 1 N–H and O–H groups in total. The SMILES string of the molecule is Cc1ccc(NC(=O)N(C)CCc2noc(COc3ccccc3F)n2)c(C)c1. The maximum absolute atomic E-state index is 13.5. The molecule has 1 heterocycles. The summed E-state index contributed by atoms with van der Waals surface area (Å²) in [5, 5.41) is 6.76. The Kier molecular flexibility index (Phi) is 6.43. The van der Waals surface area contributed by atoms with Crippen molar-refractivity contribution in [1.82, 2.24) is 15.0 Å². The fraction of sp³-hybridized carbons (Fsp3) is 0.286. The molecule has 152 valence electrons. The van der Waals surface area contributed by atoms with E-state index in [1.807, 2.05) is 32.0 Å². The van der Waals surface area contributed by atoms with Crippen LogP contribution in [0.5, 0.6) is 5.75 Å². The molecule has 0 aliphatic heterocycles. The maximum Gasteiger partial charge on any atom is 0.321 e. The van der Waals surface area contributed by atoms with Crippen molar-refractivity contribution in [3.63, 3.8) is 0 Å². The predicted molar refractivity (Wildman–Crippen MR) is 106 cm³/mol. The molecule has 0 unspecified atom stereocenters. The van der Waals surface area contributed by atoms with E-state index >= 15 is 0 Å². The average Bonchev–Trinajstić information content (AvgIpc) is 3.15. The summed E-state index contributed by atoms with van der Waals surface area (Å²) in [6, 6.07) is 11.7. The molecule has 29 heavy (non-hydrogen) atoms. The van der Waals surface area contributed by atoms with Gasteiger partial charge >= 0.3 is 6.03 Å². The number of aryl methyl sites for hydroxylation is 2. The first-order chi connectivity index (χ1) is 13.9. The summed E-state index contributed by atoms with van der Waals surface area (Å²) in [6.07, 6.45) is 0.417. The normalized spacial score (nSPS) is 10.6. The van der Waals surface area contributed by atoms with E-state index in [1.54, 1.807) is 24.1 Å². The predicted octanol–water partition coefficient (Wildman–Crippen LogP) is 4.11. The molecular weight excluding hydrogens is 375 g/mol. The number of carbonyl (C=O) groups is 1. The molecule has 0 saturated heterocycles. The number of rotatable bonds is 7. The summed E-state index contributed by atoms with van der Waals surface area (Å²) in [7, 11) is 1.70. The number of aromatic nitrogens is 2. The van der Waals surface area contributed by atoms with Crippen molar-refractivity contribution in [3.05, 3.63) is 71.1 Å². The smallest absolute Gasteiger partial charge is 0.321 e. The first kappa shape index (κ1) is 20.3. The van der Waals surface area contributed by atoms with Crippen LogP contribution in [0, 0.1) is 19.7 Å². The molecule has 7 nitrogen and oxygen atoms in total. The third kappa shape index (κ3) is 5.54. The maximum atomic E-state index is 13.5. The number of ether oxygens (including phenoxy) is 1. The van der Waals surface area contributed by atoms with Crippen LogP contribution in [0.4, 0.5) is 14.9 Å². The van der Waals surface area contributed by atoms with Crippen LogP contribution in [0.1, 0.15) is 22.8 Å². The number of anilines is 1. The zero-order valence-electron chi connectivity index (χ0n) is 16.6. The molecule has 2 aromatic carbocycles. The highest BCUT2D eigenvalue weighted by atomic mass is 19.1. The standard InChI is InChI=1S/C21H23FN4O3/c1-14-8-9-17(15(2)12-14)23-21(27)26(3)11-10-19-24-20(29-25-19)13-28-18-7-5-4-6-16(18)22/h4-9,12H,10-11,13H2,1-3H3,(H,23,27). The van der Waals surface area contributed by atoms with Crippen molar-refractivity contribution in [2.24, 2.45) is 0 Å². The number of hydrogen-bond donors (Lipinski definition) is 1. The highest BCUT2D eigenvalue weighted by Crippen LogP contribution is 2.17. The van der Waals surface area contributed by atoms with Crippen molar-refractivity contribution >= 4 is 11.7 Å². The zero-order chi connectivity index (χ0) is 20.8. The number of nitrogens with one attached hydrogen (secondary N) is 1. The van der Waals surface area contributed by atoms with Crippen molar-refractivity contribution < 1.29 is 18.4 Å². The largest absolute Gasteiger partial charge is 0.481 e. The number of para-hydroxylation sites is 1. The molecule has 0 spiro atoms. The number of amides is 2. The molecule has 0 aliphatic carbocycles. The molecule has 0 bridgehead atoms. The minimum atomic E-state index is -0.455. The van der Waals surface area contributed by atoms with Crippen LogP contribution in [-0.4, -0.2) is 34.7 Å². The van der Waals surface area contributed by atoms with E-state index in [0.717, 1.165) is 16.8 Å². The summed E-state index contributed by atoms with van der Waals surface area (Å²) < 4.78 is 24.0. The van der Waals surface area contributed by atoms with Gasteiger partial charge in [-0.15, -0.1) is 0 Å². The molecule has 8 heteroatoms. The van der Waals surface area contributed by atoms with Crippen LogP contribution in [0.15, 0.2) is 47.0 Å². The number of carbonyl (C=O) groups excluding carboxylic acids is 1. The van der Waals surface area contributed by atoms with Gasteiger partial charge in [0.25, 0.3) is 5.89 Å². The number of hydrogen-bond acceptors (Lipinski definition) is 5. The molecule has 0 saturated carbocycles. The molecule has 0 atom stereocenters. The Balaban J connectivity index is 1.48. The third-order valence-electron chi connectivity index (χ3n) is 4.34. The summed E-state index contributed by atoms with van der Waals surface area (Å²) in [6.45, 7) is 4.33. The first-order valence-corrected chi connectivity index (χ1v) is 9.20. The van der Waals surface area contributed by atoms with Gasteiger partial charge < -0.3 is 19.5 Å². The Labute approximate surface area is 168 Å². The summed E-state index contributed by atoms with van der Waals surface area (Å²) in [5.41, 5.74) is 2.92. The van der Waals surface area contributed by atoms with E-state index in [2.05, 4.69) is 15.5 Å². The van der Waals surface area contributed by atoms with E-state index in [0.29, 0.717) is 18.8 Å². The van der Waals surface area contributed by atoms with Crippen LogP contribution < -0.4 is 10.1 Å². The summed E-state index contributed by atoms with van der Waals surface area (Å²) in [5.74, 6) is 0.354. The van der Waals surface area contributed by atoms with E-state index in [4.69, 9.17) is 9.26 Å². The Hall–Kier alpha value is -3.42. The summed E-state index contributed by atoms with van der Waals surface area (Å²) in [4.78, 5) is 18.1. The minimum absolute atomic E-state index is 0.0308. The van der Waals surface area contributed by atoms with Gasteiger partial charge in [0.2, 0.25) is 0 Å². The van der Waals surface area contributed by atoms with Gasteiger partial charge in [0, 0.05) is 25.7 Å². The highest BCUT2D eigenvalue weighted by Gasteiger charge is 2.13. The fourth-order valence-electron chi connectivity index (χ4n) is 2.69. The molecule has 2 amide bonds. The molecule has 1 aromatic heterocycles. The lowest BCUT2D eigenvalue weighted by Gasteiger charge is -2.18. The Morgan fingerprint density at radius 1 is 1.24 bits per heavy atom. The molecule has 0 fully saturated rings. The van der Waals surface area contributed by atoms with Gasteiger partial charge in [-0.1, -0.05) is 35.0 Å². The van der Waals surface area contributed by atoms with Crippen molar-refractivity contribution in [2.75, 3.05) is 18.9 Å².